The third-order valence-corrected chi connectivity index (χ3v) is 5.77. The molecule has 0 unspecified atom stereocenters. The van der Waals surface area contributed by atoms with E-state index >= 15 is 0 Å². The van der Waals surface area contributed by atoms with Gasteiger partial charge in [0.2, 0.25) is 0 Å². The van der Waals surface area contributed by atoms with Gasteiger partial charge >= 0.3 is 6.03 Å². The van der Waals surface area contributed by atoms with Crippen molar-refractivity contribution in [3.8, 4) is 0 Å². The Hall–Kier alpha value is -3.70. The number of halogens is 1. The van der Waals surface area contributed by atoms with Crippen molar-refractivity contribution in [1.29, 1.82) is 0 Å². The molecule has 0 spiro atoms. The van der Waals surface area contributed by atoms with Crippen LogP contribution in [0.2, 0.25) is 5.02 Å². The number of anilines is 1. The molecule has 0 radical (unpaired) electrons. The zero-order valence-electron chi connectivity index (χ0n) is 17.5. The van der Waals surface area contributed by atoms with Crippen LogP contribution in [0.1, 0.15) is 29.2 Å². The Bertz CT molecular complexity index is 1230. The average Bonchev–Trinajstić information content (AvgIpc) is 2.79. The summed E-state index contributed by atoms with van der Waals surface area (Å²) in [7, 11) is 0. The maximum absolute atomic E-state index is 13.2. The van der Waals surface area contributed by atoms with Gasteiger partial charge in [0, 0.05) is 5.02 Å². The van der Waals surface area contributed by atoms with Gasteiger partial charge in [-0.25, -0.2) is 9.69 Å². The molecule has 1 saturated heterocycles. The standard InChI is InChI=1S/C26H21ClN2O3/c1-2-17-11-13-21(14-12-17)29-25(31)22(24(30)28-26(29)32)16-19-8-4-3-7-18(19)15-20-9-5-6-10-23(20)27/h3-14,16H,2,15H2,1H3,(H,28,30,32)/b22-16+. The molecule has 0 aromatic heterocycles. The highest BCUT2D eigenvalue weighted by molar-refractivity contribution is 6.39. The van der Waals surface area contributed by atoms with Crippen LogP contribution in [0, 0.1) is 0 Å². The molecule has 0 bridgehead atoms. The van der Waals surface area contributed by atoms with Crippen LogP contribution in [0.5, 0.6) is 0 Å². The maximum atomic E-state index is 13.2. The Balaban J connectivity index is 1.70. The molecule has 1 heterocycles. The van der Waals surface area contributed by atoms with Crippen LogP contribution in [0.3, 0.4) is 0 Å². The molecule has 1 N–H and O–H groups in total. The van der Waals surface area contributed by atoms with Gasteiger partial charge in [0.05, 0.1) is 5.69 Å². The van der Waals surface area contributed by atoms with E-state index in [2.05, 4.69) is 5.32 Å². The highest BCUT2D eigenvalue weighted by Gasteiger charge is 2.36. The molecule has 32 heavy (non-hydrogen) atoms. The second-order valence-corrected chi connectivity index (χ2v) is 7.85. The molecule has 3 aromatic rings. The number of imide groups is 2. The number of nitrogens with zero attached hydrogens (tertiary/aromatic N) is 1. The molecule has 1 fully saturated rings. The summed E-state index contributed by atoms with van der Waals surface area (Å²) in [5, 5.41) is 2.92. The zero-order chi connectivity index (χ0) is 22.7. The molecule has 6 heteroatoms. The SMILES string of the molecule is CCc1ccc(N2C(=O)NC(=O)/C(=C\c3ccccc3Cc3ccccc3Cl)C2=O)cc1. The predicted molar refractivity (Wildman–Crippen MR) is 126 cm³/mol. The maximum Gasteiger partial charge on any atom is 0.335 e. The second-order valence-electron chi connectivity index (χ2n) is 7.44. The van der Waals surface area contributed by atoms with Crippen molar-refractivity contribution in [2.45, 2.75) is 19.8 Å². The minimum absolute atomic E-state index is 0.101. The Kier molecular flexibility index (Phi) is 6.19. The van der Waals surface area contributed by atoms with Crippen LogP contribution in [0.4, 0.5) is 10.5 Å². The minimum atomic E-state index is -0.759. The number of hydrogen-bond donors (Lipinski definition) is 1. The molecule has 4 amide bonds. The first-order chi connectivity index (χ1) is 15.5. The zero-order valence-corrected chi connectivity index (χ0v) is 18.2. The van der Waals surface area contributed by atoms with Gasteiger partial charge in [-0.05, 0) is 59.4 Å². The summed E-state index contributed by atoms with van der Waals surface area (Å²) in [5.74, 6) is -1.37. The van der Waals surface area contributed by atoms with Crippen molar-refractivity contribution >= 4 is 41.2 Å². The summed E-state index contributed by atoms with van der Waals surface area (Å²) in [6.45, 7) is 2.02. The number of rotatable bonds is 5. The topological polar surface area (TPSA) is 66.5 Å². The van der Waals surface area contributed by atoms with Crippen LogP contribution < -0.4 is 10.2 Å². The Labute approximate surface area is 191 Å². The number of benzene rings is 3. The summed E-state index contributed by atoms with van der Waals surface area (Å²) in [5.41, 5.74) is 3.94. The molecule has 1 aliphatic heterocycles. The third-order valence-electron chi connectivity index (χ3n) is 5.40. The molecule has 0 aliphatic carbocycles. The molecule has 160 valence electrons. The largest absolute Gasteiger partial charge is 0.335 e. The van der Waals surface area contributed by atoms with Crippen molar-refractivity contribution in [2.24, 2.45) is 0 Å². The first-order valence-corrected chi connectivity index (χ1v) is 10.7. The van der Waals surface area contributed by atoms with Crippen molar-refractivity contribution in [1.82, 2.24) is 5.32 Å². The van der Waals surface area contributed by atoms with Crippen LogP contribution >= 0.6 is 11.6 Å². The first-order valence-electron chi connectivity index (χ1n) is 10.3. The van der Waals surface area contributed by atoms with Crippen molar-refractivity contribution in [3.63, 3.8) is 0 Å². The molecule has 3 aromatic carbocycles. The highest BCUT2D eigenvalue weighted by Crippen LogP contribution is 2.25. The molecule has 0 saturated carbocycles. The van der Waals surface area contributed by atoms with Gasteiger partial charge in [0.15, 0.2) is 0 Å². The number of aryl methyl sites for hydroxylation is 1. The predicted octanol–water partition coefficient (Wildman–Crippen LogP) is 5.16. The minimum Gasteiger partial charge on any atom is -0.273 e. The van der Waals surface area contributed by atoms with E-state index in [-0.39, 0.29) is 5.57 Å². The fourth-order valence-electron chi connectivity index (χ4n) is 3.61. The lowest BCUT2D eigenvalue weighted by Crippen LogP contribution is -2.54. The molecule has 4 rings (SSSR count). The number of hydrogen-bond acceptors (Lipinski definition) is 3. The average molecular weight is 445 g/mol. The van der Waals surface area contributed by atoms with Crippen molar-refractivity contribution in [2.75, 3.05) is 4.90 Å². The fraction of sp³-hybridized carbons (Fsp3) is 0.115. The number of carbonyl (C=O) groups is 3. The lowest BCUT2D eigenvalue weighted by Gasteiger charge is -2.26. The van der Waals surface area contributed by atoms with E-state index in [1.807, 2.05) is 67.6 Å². The number of barbiturate groups is 1. The van der Waals surface area contributed by atoms with Gasteiger partial charge in [-0.2, -0.15) is 0 Å². The monoisotopic (exact) mass is 444 g/mol. The van der Waals surface area contributed by atoms with Crippen LogP contribution in [-0.2, 0) is 22.4 Å². The van der Waals surface area contributed by atoms with Gasteiger partial charge in [0.25, 0.3) is 11.8 Å². The van der Waals surface area contributed by atoms with E-state index in [0.717, 1.165) is 28.0 Å². The van der Waals surface area contributed by atoms with E-state index in [1.54, 1.807) is 12.1 Å². The van der Waals surface area contributed by atoms with Crippen LogP contribution in [0.25, 0.3) is 6.08 Å². The highest BCUT2D eigenvalue weighted by atomic mass is 35.5. The number of nitrogens with one attached hydrogen (secondary N) is 1. The summed E-state index contributed by atoms with van der Waals surface area (Å²) < 4.78 is 0. The molecule has 0 atom stereocenters. The smallest absolute Gasteiger partial charge is 0.273 e. The number of amides is 4. The molecular weight excluding hydrogens is 424 g/mol. The van der Waals surface area contributed by atoms with E-state index < -0.39 is 17.8 Å². The summed E-state index contributed by atoms with van der Waals surface area (Å²) in [4.78, 5) is 39.2. The van der Waals surface area contributed by atoms with Gasteiger partial charge < -0.3 is 0 Å². The van der Waals surface area contributed by atoms with E-state index in [4.69, 9.17) is 11.6 Å². The van der Waals surface area contributed by atoms with E-state index in [1.165, 1.54) is 6.08 Å². The number of urea groups is 1. The van der Waals surface area contributed by atoms with Gasteiger partial charge in [0.1, 0.15) is 5.57 Å². The van der Waals surface area contributed by atoms with Gasteiger partial charge in [-0.1, -0.05) is 73.1 Å². The first kappa shape index (κ1) is 21.5. The Morgan fingerprint density at radius 2 is 1.53 bits per heavy atom. The van der Waals surface area contributed by atoms with Crippen LogP contribution in [-0.4, -0.2) is 17.8 Å². The lowest BCUT2D eigenvalue weighted by molar-refractivity contribution is -0.122. The second kappa shape index (κ2) is 9.20. The molecular formula is C26H21ClN2O3. The van der Waals surface area contributed by atoms with Gasteiger partial charge in [-0.3, -0.25) is 14.9 Å². The fourth-order valence-corrected chi connectivity index (χ4v) is 3.81. The Morgan fingerprint density at radius 3 is 2.22 bits per heavy atom. The van der Waals surface area contributed by atoms with Gasteiger partial charge in [-0.15, -0.1) is 0 Å². The van der Waals surface area contributed by atoms with Crippen molar-refractivity contribution < 1.29 is 14.4 Å². The summed E-state index contributed by atoms with van der Waals surface area (Å²) in [6.07, 6.45) is 2.91. The molecule has 5 nitrogen and oxygen atoms in total. The van der Waals surface area contributed by atoms with E-state index in [9.17, 15) is 14.4 Å². The summed E-state index contributed by atoms with van der Waals surface area (Å²) >= 11 is 6.31. The quantitative estimate of drug-likeness (QED) is 0.436. The molecule has 1 aliphatic rings. The normalized spacial score (nSPS) is 15.2. The number of carbonyl (C=O) groups excluding carboxylic acids is 3. The summed E-state index contributed by atoms with van der Waals surface area (Å²) in [6, 6.07) is 21.4. The van der Waals surface area contributed by atoms with Crippen LogP contribution in [0.15, 0.2) is 78.4 Å². The van der Waals surface area contributed by atoms with Crippen molar-refractivity contribution in [3.05, 3.63) is 106 Å². The Morgan fingerprint density at radius 1 is 0.875 bits per heavy atom. The third kappa shape index (κ3) is 4.34. The van der Waals surface area contributed by atoms with E-state index in [0.29, 0.717) is 22.7 Å². The lowest BCUT2D eigenvalue weighted by atomic mass is 9.97.